The number of hydrogen-bond acceptors (Lipinski definition) is 6. The van der Waals surface area contributed by atoms with Crippen LogP contribution in [-0.4, -0.2) is 80.7 Å². The maximum atomic E-state index is 13.3. The number of carbonyl (C=O) groups excluding carboxylic acids is 2. The van der Waals surface area contributed by atoms with Crippen molar-refractivity contribution >= 4 is 28.4 Å². The van der Waals surface area contributed by atoms with E-state index < -0.39 is 0 Å². The van der Waals surface area contributed by atoms with Crippen LogP contribution in [0.2, 0.25) is 0 Å². The summed E-state index contributed by atoms with van der Waals surface area (Å²) in [6.07, 6.45) is 0. The number of aryl methyl sites for hydroxylation is 2. The summed E-state index contributed by atoms with van der Waals surface area (Å²) >= 11 is 0. The van der Waals surface area contributed by atoms with Gasteiger partial charge in [-0.25, -0.2) is 0 Å². The second-order valence-electron chi connectivity index (χ2n) is 8.67. The van der Waals surface area contributed by atoms with E-state index in [9.17, 15) is 9.59 Å². The summed E-state index contributed by atoms with van der Waals surface area (Å²) < 4.78 is 16.4. The Bertz CT molecular complexity index is 1220. The predicted molar refractivity (Wildman–Crippen MR) is 135 cm³/mol. The molecule has 2 N–H and O–H groups in total. The predicted octanol–water partition coefficient (Wildman–Crippen LogP) is 3.21. The molecular formula is C26H32N4O5. The van der Waals surface area contributed by atoms with Crippen LogP contribution in [0.1, 0.15) is 21.6 Å². The number of piperazine rings is 1. The van der Waals surface area contributed by atoms with Crippen LogP contribution in [0, 0.1) is 13.8 Å². The number of anilines is 1. The number of nitrogens with zero attached hydrogens (tertiary/aromatic N) is 2. The molecule has 0 bridgehead atoms. The fourth-order valence-corrected chi connectivity index (χ4v) is 4.53. The highest BCUT2D eigenvalue weighted by Gasteiger charge is 2.26. The molecule has 1 aromatic heterocycles. The summed E-state index contributed by atoms with van der Waals surface area (Å²) in [5.41, 5.74) is 4.04. The molecule has 2 heterocycles. The number of benzene rings is 2. The minimum Gasteiger partial charge on any atom is -0.496 e. The number of para-hydroxylation sites is 1. The Balaban J connectivity index is 1.41. The molecule has 1 fully saturated rings. The minimum atomic E-state index is -0.107. The Morgan fingerprint density at radius 3 is 2.20 bits per heavy atom. The van der Waals surface area contributed by atoms with Crippen LogP contribution in [-0.2, 0) is 4.79 Å². The topological polar surface area (TPSA) is 96.1 Å². The summed E-state index contributed by atoms with van der Waals surface area (Å²) in [6, 6.07) is 9.47. The molecule has 4 rings (SSSR count). The Hall–Kier alpha value is -3.72. The summed E-state index contributed by atoms with van der Waals surface area (Å²) in [5.74, 6) is 1.47. The van der Waals surface area contributed by atoms with Gasteiger partial charge in [-0.2, -0.15) is 0 Å². The van der Waals surface area contributed by atoms with Crippen LogP contribution >= 0.6 is 0 Å². The molecule has 1 aliphatic rings. The van der Waals surface area contributed by atoms with E-state index in [-0.39, 0.29) is 18.4 Å². The number of fused-ring (bicyclic) bond motifs is 1. The molecule has 1 aliphatic heterocycles. The molecule has 2 amide bonds. The molecule has 9 heteroatoms. The summed E-state index contributed by atoms with van der Waals surface area (Å²) in [4.78, 5) is 32.9. The van der Waals surface area contributed by atoms with Crippen molar-refractivity contribution < 1.29 is 23.8 Å². The second kappa shape index (κ2) is 10.3. The number of aromatic amines is 1. The smallest absolute Gasteiger partial charge is 0.270 e. The highest BCUT2D eigenvalue weighted by Crippen LogP contribution is 2.41. The van der Waals surface area contributed by atoms with Gasteiger partial charge in [-0.05, 0) is 31.0 Å². The molecule has 0 spiro atoms. The lowest BCUT2D eigenvalue weighted by atomic mass is 10.1. The average Bonchev–Trinajstić information content (AvgIpc) is 3.30. The van der Waals surface area contributed by atoms with Crippen molar-refractivity contribution in [2.75, 3.05) is 59.4 Å². The van der Waals surface area contributed by atoms with E-state index in [0.29, 0.717) is 54.6 Å². The number of nitrogens with one attached hydrogen (secondary N) is 2. The first kappa shape index (κ1) is 24.4. The Labute approximate surface area is 204 Å². The standard InChI is InChI=1S/C26H32N4O5/c1-16-7-6-8-17(2)23(16)28-22(31)15-29-9-11-30(12-10-29)26(32)19-13-18-20(33-3)14-21(34-4)25(35-5)24(18)27-19/h6-8,13-14,27H,9-12,15H2,1-5H3,(H,28,31). The maximum Gasteiger partial charge on any atom is 0.270 e. The van der Waals surface area contributed by atoms with Crippen LogP contribution < -0.4 is 19.5 Å². The zero-order valence-electron chi connectivity index (χ0n) is 20.9. The van der Waals surface area contributed by atoms with Gasteiger partial charge in [-0.1, -0.05) is 18.2 Å². The fraction of sp³-hybridized carbons (Fsp3) is 0.385. The summed E-state index contributed by atoms with van der Waals surface area (Å²) in [7, 11) is 4.69. The van der Waals surface area contributed by atoms with Crippen LogP contribution in [0.5, 0.6) is 17.2 Å². The van der Waals surface area contributed by atoms with Crippen LogP contribution in [0.15, 0.2) is 30.3 Å². The lowest BCUT2D eigenvalue weighted by Gasteiger charge is -2.34. The van der Waals surface area contributed by atoms with E-state index in [1.807, 2.05) is 32.0 Å². The first-order valence-electron chi connectivity index (χ1n) is 11.6. The Kier molecular flexibility index (Phi) is 7.16. The minimum absolute atomic E-state index is 0.0501. The molecule has 186 valence electrons. The van der Waals surface area contributed by atoms with Gasteiger partial charge in [0.15, 0.2) is 11.5 Å². The molecule has 3 aromatic rings. The zero-order chi connectivity index (χ0) is 25.1. The first-order valence-corrected chi connectivity index (χ1v) is 11.6. The van der Waals surface area contributed by atoms with Crippen molar-refractivity contribution in [3.05, 3.63) is 47.2 Å². The number of amides is 2. The molecular weight excluding hydrogens is 448 g/mol. The van der Waals surface area contributed by atoms with Crippen molar-refractivity contribution in [3.8, 4) is 17.2 Å². The highest BCUT2D eigenvalue weighted by atomic mass is 16.5. The van der Waals surface area contributed by atoms with E-state index >= 15 is 0 Å². The van der Waals surface area contributed by atoms with E-state index in [1.54, 1.807) is 38.4 Å². The fourth-order valence-electron chi connectivity index (χ4n) is 4.53. The van der Waals surface area contributed by atoms with E-state index in [4.69, 9.17) is 14.2 Å². The molecule has 0 aliphatic carbocycles. The van der Waals surface area contributed by atoms with Crippen LogP contribution in [0.3, 0.4) is 0 Å². The normalized spacial score (nSPS) is 14.1. The monoisotopic (exact) mass is 480 g/mol. The SMILES string of the molecule is COc1cc(OC)c2cc(C(=O)N3CCN(CC(=O)Nc4c(C)cccc4C)CC3)[nH]c2c1OC. The number of methoxy groups -OCH3 is 3. The zero-order valence-corrected chi connectivity index (χ0v) is 20.9. The third kappa shape index (κ3) is 4.90. The van der Waals surface area contributed by atoms with Gasteiger partial charge in [-0.3, -0.25) is 14.5 Å². The number of carbonyl (C=O) groups is 2. The summed E-state index contributed by atoms with van der Waals surface area (Å²) in [6.45, 7) is 6.55. The molecule has 0 atom stereocenters. The van der Waals surface area contributed by atoms with Crippen molar-refractivity contribution in [1.82, 2.24) is 14.8 Å². The van der Waals surface area contributed by atoms with Crippen molar-refractivity contribution in [1.29, 1.82) is 0 Å². The van der Waals surface area contributed by atoms with Crippen LogP contribution in [0.25, 0.3) is 10.9 Å². The van der Waals surface area contributed by atoms with Gasteiger partial charge in [0.1, 0.15) is 11.4 Å². The number of hydrogen-bond donors (Lipinski definition) is 2. The molecule has 0 radical (unpaired) electrons. The first-order chi connectivity index (χ1) is 16.9. The van der Waals surface area contributed by atoms with Crippen molar-refractivity contribution in [2.24, 2.45) is 0 Å². The second-order valence-corrected chi connectivity index (χ2v) is 8.67. The van der Waals surface area contributed by atoms with Gasteiger partial charge in [-0.15, -0.1) is 0 Å². The molecule has 2 aromatic carbocycles. The third-order valence-electron chi connectivity index (χ3n) is 6.44. The van der Waals surface area contributed by atoms with Gasteiger partial charge in [0, 0.05) is 43.3 Å². The number of aromatic nitrogens is 1. The summed E-state index contributed by atoms with van der Waals surface area (Å²) in [5, 5.41) is 3.78. The van der Waals surface area contributed by atoms with Gasteiger partial charge in [0.2, 0.25) is 5.91 Å². The Morgan fingerprint density at radius 1 is 0.943 bits per heavy atom. The molecule has 9 nitrogen and oxygen atoms in total. The van der Waals surface area contributed by atoms with E-state index in [1.165, 1.54) is 0 Å². The molecule has 0 unspecified atom stereocenters. The lowest BCUT2D eigenvalue weighted by molar-refractivity contribution is -0.117. The molecule has 1 saturated heterocycles. The average molecular weight is 481 g/mol. The maximum absolute atomic E-state index is 13.3. The van der Waals surface area contributed by atoms with Gasteiger partial charge >= 0.3 is 0 Å². The molecule has 0 saturated carbocycles. The van der Waals surface area contributed by atoms with Crippen molar-refractivity contribution in [3.63, 3.8) is 0 Å². The van der Waals surface area contributed by atoms with E-state index in [2.05, 4.69) is 15.2 Å². The van der Waals surface area contributed by atoms with E-state index in [0.717, 1.165) is 22.2 Å². The Morgan fingerprint density at radius 2 is 1.60 bits per heavy atom. The number of rotatable bonds is 7. The van der Waals surface area contributed by atoms with Gasteiger partial charge in [0.25, 0.3) is 5.91 Å². The van der Waals surface area contributed by atoms with Crippen molar-refractivity contribution in [2.45, 2.75) is 13.8 Å². The highest BCUT2D eigenvalue weighted by molar-refractivity contribution is 6.02. The van der Waals surface area contributed by atoms with Gasteiger partial charge < -0.3 is 29.4 Å². The molecule has 35 heavy (non-hydrogen) atoms. The lowest BCUT2D eigenvalue weighted by Crippen LogP contribution is -2.50. The largest absolute Gasteiger partial charge is 0.496 e. The quantitative estimate of drug-likeness (QED) is 0.539. The third-order valence-corrected chi connectivity index (χ3v) is 6.44. The number of H-pyrrole nitrogens is 1. The van der Waals surface area contributed by atoms with Crippen LogP contribution in [0.4, 0.5) is 5.69 Å². The van der Waals surface area contributed by atoms with Gasteiger partial charge in [0.05, 0.1) is 33.4 Å². The number of ether oxygens (including phenoxy) is 3.